The number of unbranched alkanes of at least 4 members (excludes halogenated alkanes) is 3. The first-order valence-corrected chi connectivity index (χ1v) is 7.72. The maximum Gasteiger partial charge on any atom is 0.00952 e. The summed E-state index contributed by atoms with van der Waals surface area (Å²) in [6.45, 7) is 7.17. The van der Waals surface area contributed by atoms with Gasteiger partial charge in [0.05, 0.1) is 0 Å². The maximum atomic E-state index is 3.79. The maximum absolute atomic E-state index is 3.79. The molecule has 0 saturated heterocycles. The van der Waals surface area contributed by atoms with E-state index in [9.17, 15) is 0 Å². The van der Waals surface area contributed by atoms with E-state index in [1.54, 1.807) is 0 Å². The Balaban J connectivity index is 2.22. The van der Waals surface area contributed by atoms with E-state index in [0.717, 1.165) is 18.5 Å². The van der Waals surface area contributed by atoms with E-state index >= 15 is 0 Å². The Kier molecular flexibility index (Phi) is 8.42. The van der Waals surface area contributed by atoms with E-state index in [1.807, 2.05) is 6.08 Å². The molecule has 0 heterocycles. The highest BCUT2D eigenvalue weighted by molar-refractivity contribution is 4.79. The fourth-order valence-electron chi connectivity index (χ4n) is 3.13. The molecule has 1 N–H and O–H groups in total. The third kappa shape index (κ3) is 6.26. The Morgan fingerprint density at radius 2 is 1.94 bits per heavy atom. The first-order valence-electron chi connectivity index (χ1n) is 7.72. The molecule has 0 aliphatic heterocycles. The van der Waals surface area contributed by atoms with Crippen LogP contribution in [-0.2, 0) is 0 Å². The van der Waals surface area contributed by atoms with Crippen LogP contribution in [0.3, 0.4) is 0 Å². The minimum absolute atomic E-state index is 0.807. The van der Waals surface area contributed by atoms with Crippen LogP contribution in [-0.4, -0.2) is 12.6 Å². The number of allylic oxidation sites excluding steroid dienone is 1. The lowest BCUT2D eigenvalue weighted by molar-refractivity contribution is 0.312. The number of rotatable bonds is 8. The first kappa shape index (κ1) is 14.8. The molecule has 0 bridgehead atoms. The summed E-state index contributed by atoms with van der Waals surface area (Å²) in [6.07, 6.45) is 16.0. The molecule has 0 aromatic heterocycles. The lowest BCUT2D eigenvalue weighted by atomic mass is 9.89. The van der Waals surface area contributed by atoms with E-state index in [-0.39, 0.29) is 0 Å². The van der Waals surface area contributed by atoms with Crippen molar-refractivity contribution in [1.82, 2.24) is 5.32 Å². The van der Waals surface area contributed by atoms with Gasteiger partial charge in [-0.3, -0.25) is 0 Å². The molecular formula is C16H31N. The standard InChI is InChI=1S/C16H31N/c1-3-5-6-7-9-12-15-13-10-8-11-14-16(15)17-4-2/h3,15-17H,1,4-14H2,2H3. The monoisotopic (exact) mass is 237 g/mol. The van der Waals surface area contributed by atoms with Crippen LogP contribution in [0.5, 0.6) is 0 Å². The van der Waals surface area contributed by atoms with Crippen LogP contribution in [0.15, 0.2) is 12.7 Å². The summed E-state index contributed by atoms with van der Waals surface area (Å²) in [5.41, 5.74) is 0. The van der Waals surface area contributed by atoms with Crippen LogP contribution >= 0.6 is 0 Å². The summed E-state index contributed by atoms with van der Waals surface area (Å²) in [4.78, 5) is 0. The average molecular weight is 237 g/mol. The van der Waals surface area contributed by atoms with Gasteiger partial charge in [0.1, 0.15) is 0 Å². The second-order valence-corrected chi connectivity index (χ2v) is 5.49. The van der Waals surface area contributed by atoms with Gasteiger partial charge in [-0.15, -0.1) is 6.58 Å². The number of hydrogen-bond donors (Lipinski definition) is 1. The number of nitrogens with one attached hydrogen (secondary N) is 1. The molecule has 0 spiro atoms. The van der Waals surface area contributed by atoms with E-state index < -0.39 is 0 Å². The predicted octanol–water partition coefficient (Wildman–Crippen LogP) is 4.68. The van der Waals surface area contributed by atoms with Gasteiger partial charge in [0, 0.05) is 6.04 Å². The predicted molar refractivity (Wildman–Crippen MR) is 77.3 cm³/mol. The molecule has 0 aromatic carbocycles. The topological polar surface area (TPSA) is 12.0 Å². The SMILES string of the molecule is C=CCCCCCC1CCCCCC1NCC. The van der Waals surface area contributed by atoms with Crippen molar-refractivity contribution in [2.75, 3.05) is 6.54 Å². The molecule has 1 saturated carbocycles. The van der Waals surface area contributed by atoms with Gasteiger partial charge in [-0.25, -0.2) is 0 Å². The zero-order valence-electron chi connectivity index (χ0n) is 11.7. The van der Waals surface area contributed by atoms with Crippen molar-refractivity contribution in [2.24, 2.45) is 5.92 Å². The molecule has 1 nitrogen and oxygen atoms in total. The van der Waals surface area contributed by atoms with Gasteiger partial charge >= 0.3 is 0 Å². The molecule has 0 amide bonds. The summed E-state index contributed by atoms with van der Waals surface area (Å²) in [5.74, 6) is 0.946. The van der Waals surface area contributed by atoms with Gasteiger partial charge in [0.15, 0.2) is 0 Å². The Bertz CT molecular complexity index is 188. The van der Waals surface area contributed by atoms with Crippen LogP contribution < -0.4 is 5.32 Å². The lowest BCUT2D eigenvalue weighted by Gasteiger charge is -2.25. The summed E-state index contributed by atoms with van der Waals surface area (Å²) in [6, 6.07) is 0.807. The zero-order valence-corrected chi connectivity index (χ0v) is 11.7. The van der Waals surface area contributed by atoms with Crippen LogP contribution in [0.1, 0.15) is 71.1 Å². The molecule has 100 valence electrons. The van der Waals surface area contributed by atoms with Gasteiger partial charge in [-0.2, -0.15) is 0 Å². The van der Waals surface area contributed by atoms with Crippen LogP contribution in [0.4, 0.5) is 0 Å². The van der Waals surface area contributed by atoms with E-state index in [2.05, 4.69) is 18.8 Å². The minimum atomic E-state index is 0.807. The molecular weight excluding hydrogens is 206 g/mol. The lowest BCUT2D eigenvalue weighted by Crippen LogP contribution is -2.35. The molecule has 1 fully saturated rings. The fraction of sp³-hybridized carbons (Fsp3) is 0.875. The van der Waals surface area contributed by atoms with Crippen molar-refractivity contribution >= 4 is 0 Å². The second kappa shape index (κ2) is 9.70. The highest BCUT2D eigenvalue weighted by Gasteiger charge is 2.21. The van der Waals surface area contributed by atoms with Gasteiger partial charge in [0.25, 0.3) is 0 Å². The van der Waals surface area contributed by atoms with Crippen molar-refractivity contribution in [2.45, 2.75) is 77.2 Å². The largest absolute Gasteiger partial charge is 0.314 e. The molecule has 17 heavy (non-hydrogen) atoms. The van der Waals surface area contributed by atoms with Crippen molar-refractivity contribution in [3.63, 3.8) is 0 Å². The van der Waals surface area contributed by atoms with Crippen LogP contribution in [0.2, 0.25) is 0 Å². The van der Waals surface area contributed by atoms with E-state index in [4.69, 9.17) is 0 Å². The molecule has 0 radical (unpaired) electrons. The van der Waals surface area contributed by atoms with Gasteiger partial charge < -0.3 is 5.32 Å². The normalized spacial score (nSPS) is 25.5. The summed E-state index contributed by atoms with van der Waals surface area (Å²) in [5, 5.41) is 3.71. The molecule has 1 aliphatic carbocycles. The summed E-state index contributed by atoms with van der Waals surface area (Å²) < 4.78 is 0. The molecule has 1 heteroatoms. The molecule has 2 atom stereocenters. The van der Waals surface area contributed by atoms with Crippen molar-refractivity contribution in [3.8, 4) is 0 Å². The van der Waals surface area contributed by atoms with E-state index in [0.29, 0.717) is 0 Å². The Labute approximate surface area is 108 Å². The van der Waals surface area contributed by atoms with Crippen molar-refractivity contribution in [3.05, 3.63) is 12.7 Å². The van der Waals surface area contributed by atoms with Crippen molar-refractivity contribution in [1.29, 1.82) is 0 Å². The molecule has 1 aliphatic rings. The van der Waals surface area contributed by atoms with E-state index in [1.165, 1.54) is 64.2 Å². The summed E-state index contributed by atoms with van der Waals surface area (Å²) >= 11 is 0. The highest BCUT2D eigenvalue weighted by Crippen LogP contribution is 2.27. The average Bonchev–Trinajstić information content (AvgIpc) is 2.55. The summed E-state index contributed by atoms with van der Waals surface area (Å²) in [7, 11) is 0. The van der Waals surface area contributed by atoms with Gasteiger partial charge in [0.2, 0.25) is 0 Å². The van der Waals surface area contributed by atoms with Crippen LogP contribution in [0.25, 0.3) is 0 Å². The van der Waals surface area contributed by atoms with Crippen molar-refractivity contribution < 1.29 is 0 Å². The quantitative estimate of drug-likeness (QED) is 0.367. The van der Waals surface area contributed by atoms with Gasteiger partial charge in [-0.1, -0.05) is 45.1 Å². The second-order valence-electron chi connectivity index (χ2n) is 5.49. The Morgan fingerprint density at radius 1 is 1.12 bits per heavy atom. The smallest absolute Gasteiger partial charge is 0.00952 e. The highest BCUT2D eigenvalue weighted by atomic mass is 14.9. The first-order chi connectivity index (χ1) is 8.38. The fourth-order valence-corrected chi connectivity index (χ4v) is 3.13. The van der Waals surface area contributed by atoms with Crippen LogP contribution in [0, 0.1) is 5.92 Å². The third-order valence-corrected chi connectivity index (χ3v) is 4.11. The number of hydrogen-bond acceptors (Lipinski definition) is 1. The minimum Gasteiger partial charge on any atom is -0.314 e. The zero-order chi connectivity index (χ0) is 12.3. The third-order valence-electron chi connectivity index (χ3n) is 4.11. The molecule has 2 unspecified atom stereocenters. The van der Waals surface area contributed by atoms with Gasteiger partial charge in [-0.05, 0) is 44.6 Å². The molecule has 0 aromatic rings. The Morgan fingerprint density at radius 3 is 2.71 bits per heavy atom. The molecule has 1 rings (SSSR count). The Hall–Kier alpha value is -0.300.